The summed E-state index contributed by atoms with van der Waals surface area (Å²) < 4.78 is 0. The first-order valence-electron chi connectivity index (χ1n) is 12.9. The van der Waals surface area contributed by atoms with Crippen LogP contribution >= 0.6 is 0 Å². The van der Waals surface area contributed by atoms with E-state index in [1.165, 1.54) is 0 Å². The van der Waals surface area contributed by atoms with Crippen LogP contribution in [0.25, 0.3) is 10.9 Å². The van der Waals surface area contributed by atoms with E-state index in [-0.39, 0.29) is 37.6 Å². The highest BCUT2D eigenvalue weighted by Crippen LogP contribution is 2.27. The summed E-state index contributed by atoms with van der Waals surface area (Å²) in [7, 11) is 0. The topological polar surface area (TPSA) is 144 Å². The number of hydrogen-bond acceptors (Lipinski definition) is 5. The van der Waals surface area contributed by atoms with E-state index in [0.717, 1.165) is 41.3 Å². The lowest BCUT2D eigenvalue weighted by atomic mass is 9.84. The summed E-state index contributed by atoms with van der Waals surface area (Å²) in [5, 5.41) is 16.6. The second-order valence-electron chi connectivity index (χ2n) is 9.67. The van der Waals surface area contributed by atoms with E-state index in [1.54, 1.807) is 0 Å². The molecule has 0 radical (unpaired) electrons. The predicted molar refractivity (Wildman–Crippen MR) is 145 cm³/mol. The highest BCUT2D eigenvalue weighted by Gasteiger charge is 2.32. The Morgan fingerprint density at radius 2 is 1.68 bits per heavy atom. The number of nitrogens with one attached hydrogen (secondary N) is 5. The van der Waals surface area contributed by atoms with Gasteiger partial charge in [0, 0.05) is 42.4 Å². The molecule has 1 aromatic heterocycles. The van der Waals surface area contributed by atoms with Gasteiger partial charge in [0.25, 0.3) is 0 Å². The Hall–Kier alpha value is -4.27. The largest absolute Gasteiger partial charge is 0.361 e. The number of aromatic amines is 1. The number of carbonyl (C=O) groups is 4. The Balaban J connectivity index is 1.50. The molecule has 9 heteroatoms. The summed E-state index contributed by atoms with van der Waals surface area (Å²) in [5.74, 6) is -1.64. The minimum atomic E-state index is -0.999. The first kappa shape index (κ1) is 26.8. The van der Waals surface area contributed by atoms with Gasteiger partial charge in [0.2, 0.25) is 17.7 Å². The summed E-state index contributed by atoms with van der Waals surface area (Å²) in [6.45, 7) is 0.266. The Morgan fingerprint density at radius 1 is 0.947 bits per heavy atom. The van der Waals surface area contributed by atoms with Gasteiger partial charge in [0.05, 0.1) is 6.21 Å². The quantitative estimate of drug-likeness (QED) is 0.223. The number of aromatic nitrogens is 1. The Morgan fingerprint density at radius 3 is 2.39 bits per heavy atom. The summed E-state index contributed by atoms with van der Waals surface area (Å²) in [6.07, 6.45) is 5.33. The molecule has 0 spiro atoms. The predicted octanol–water partition coefficient (Wildman–Crippen LogP) is 2.80. The van der Waals surface area contributed by atoms with Gasteiger partial charge in [-0.2, -0.15) is 0 Å². The van der Waals surface area contributed by atoms with Crippen LogP contribution in [0.1, 0.15) is 43.2 Å². The van der Waals surface area contributed by atoms with Gasteiger partial charge in [-0.1, -0.05) is 55.0 Å². The molecule has 0 unspecified atom stereocenters. The number of rotatable bonds is 13. The van der Waals surface area contributed by atoms with Crippen LogP contribution in [0, 0.1) is 11.3 Å². The van der Waals surface area contributed by atoms with Gasteiger partial charge in [0.15, 0.2) is 5.78 Å². The third kappa shape index (κ3) is 6.94. The minimum absolute atomic E-state index is 0.0386. The van der Waals surface area contributed by atoms with Crippen LogP contribution in [-0.2, 0) is 32.1 Å². The molecule has 198 valence electrons. The van der Waals surface area contributed by atoms with Crippen LogP contribution in [0.15, 0.2) is 60.8 Å². The molecular formula is C29H33N5O4. The number of carbonyl (C=O) groups excluding carboxylic acids is 4. The van der Waals surface area contributed by atoms with E-state index in [9.17, 15) is 19.2 Å². The van der Waals surface area contributed by atoms with E-state index in [1.807, 2.05) is 60.8 Å². The van der Waals surface area contributed by atoms with Gasteiger partial charge < -0.3 is 26.3 Å². The van der Waals surface area contributed by atoms with Crippen molar-refractivity contribution in [3.63, 3.8) is 0 Å². The lowest BCUT2D eigenvalue weighted by Gasteiger charge is -2.28. The monoisotopic (exact) mass is 515 g/mol. The zero-order valence-corrected chi connectivity index (χ0v) is 21.2. The number of ketones is 1. The molecule has 0 aliphatic heterocycles. The maximum absolute atomic E-state index is 13.5. The number of hydrogen-bond donors (Lipinski definition) is 5. The lowest BCUT2D eigenvalue weighted by Crippen LogP contribution is -2.55. The average molecular weight is 516 g/mol. The normalized spacial score (nSPS) is 14.6. The Bertz CT molecular complexity index is 1300. The minimum Gasteiger partial charge on any atom is -0.361 e. The van der Waals surface area contributed by atoms with Crippen molar-refractivity contribution in [3.05, 3.63) is 71.9 Å². The van der Waals surface area contributed by atoms with E-state index in [0.29, 0.717) is 6.21 Å². The van der Waals surface area contributed by atoms with Crippen molar-refractivity contribution >= 4 is 40.6 Å². The molecule has 3 aromatic rings. The van der Waals surface area contributed by atoms with Gasteiger partial charge in [-0.3, -0.25) is 19.2 Å². The van der Waals surface area contributed by atoms with Crippen molar-refractivity contribution in [1.82, 2.24) is 20.9 Å². The molecule has 2 aromatic carbocycles. The molecule has 1 saturated carbocycles. The molecule has 1 fully saturated rings. The van der Waals surface area contributed by atoms with Crippen LogP contribution in [0.5, 0.6) is 0 Å². The maximum Gasteiger partial charge on any atom is 0.243 e. The van der Waals surface area contributed by atoms with Gasteiger partial charge in [-0.15, -0.1) is 0 Å². The van der Waals surface area contributed by atoms with Gasteiger partial charge in [0.1, 0.15) is 12.1 Å². The highest BCUT2D eigenvalue weighted by molar-refractivity contribution is 6.26. The molecule has 1 aliphatic rings. The Labute approximate surface area is 221 Å². The van der Waals surface area contributed by atoms with Crippen molar-refractivity contribution < 1.29 is 19.2 Å². The van der Waals surface area contributed by atoms with Gasteiger partial charge in [-0.05, 0) is 36.5 Å². The first-order chi connectivity index (χ1) is 18.4. The molecule has 5 N–H and O–H groups in total. The van der Waals surface area contributed by atoms with Crippen LogP contribution in [0.2, 0.25) is 0 Å². The van der Waals surface area contributed by atoms with Crippen LogP contribution < -0.4 is 16.0 Å². The third-order valence-electron chi connectivity index (χ3n) is 6.99. The van der Waals surface area contributed by atoms with E-state index >= 15 is 0 Å². The van der Waals surface area contributed by atoms with Crippen molar-refractivity contribution in [3.8, 4) is 0 Å². The first-order valence-corrected chi connectivity index (χ1v) is 12.9. The summed E-state index contributed by atoms with van der Waals surface area (Å²) in [4.78, 5) is 54.4. The van der Waals surface area contributed by atoms with Gasteiger partial charge in [-0.25, -0.2) is 0 Å². The third-order valence-corrected chi connectivity index (χ3v) is 6.99. The molecule has 9 nitrogen and oxygen atoms in total. The fraction of sp³-hybridized carbons (Fsp3) is 0.345. The molecule has 1 aliphatic carbocycles. The molecular weight excluding hydrogens is 482 g/mol. The zero-order valence-electron chi connectivity index (χ0n) is 21.2. The van der Waals surface area contributed by atoms with E-state index < -0.39 is 29.7 Å². The summed E-state index contributed by atoms with van der Waals surface area (Å²) in [5.41, 5.74) is 2.69. The molecule has 38 heavy (non-hydrogen) atoms. The second-order valence-corrected chi connectivity index (χ2v) is 9.67. The number of Topliss-reactive ketones (excluding diaryl/α,β-unsaturated/α-hetero) is 1. The average Bonchev–Trinajstić information content (AvgIpc) is 3.31. The van der Waals surface area contributed by atoms with Crippen molar-refractivity contribution in [1.29, 1.82) is 5.41 Å². The van der Waals surface area contributed by atoms with Crippen LogP contribution in [0.4, 0.5) is 0 Å². The van der Waals surface area contributed by atoms with Crippen molar-refractivity contribution in [2.24, 2.45) is 5.92 Å². The highest BCUT2D eigenvalue weighted by atomic mass is 16.2. The molecule has 3 amide bonds. The van der Waals surface area contributed by atoms with Crippen molar-refractivity contribution in [2.45, 2.75) is 57.2 Å². The lowest BCUT2D eigenvalue weighted by molar-refractivity contribution is -0.134. The molecule has 0 bridgehead atoms. The standard InChI is InChI=1S/C29H33N5O4/c30-16-22(35)13-14-25(28(37)32-17-19-7-2-1-3-8-19)33-29(38)26(34-27(36)20-9-6-10-20)15-21-18-31-24-12-5-4-11-23(21)24/h1-5,7-8,11-12,16,18,20,25-26,30-31H,6,9-10,13-15,17H2,(H,32,37)(H,33,38)(H,34,36)/t25-,26-/m0/s1. The fourth-order valence-corrected chi connectivity index (χ4v) is 4.50. The number of para-hydroxylation sites is 1. The zero-order chi connectivity index (χ0) is 26.9. The number of fused-ring (bicyclic) bond motifs is 1. The van der Waals surface area contributed by atoms with Gasteiger partial charge >= 0.3 is 0 Å². The Kier molecular flexibility index (Phi) is 9.02. The molecule has 0 saturated heterocycles. The second kappa shape index (κ2) is 12.8. The number of amides is 3. The SMILES string of the molecule is N=CC(=O)CC[C@H](NC(=O)[C@H](Cc1c[nH]c2ccccc12)NC(=O)C1CCC1)C(=O)NCc1ccccc1. The van der Waals surface area contributed by atoms with Crippen LogP contribution in [-0.4, -0.2) is 46.8 Å². The van der Waals surface area contributed by atoms with E-state index in [2.05, 4.69) is 20.9 Å². The van der Waals surface area contributed by atoms with Crippen molar-refractivity contribution in [2.75, 3.05) is 0 Å². The summed E-state index contributed by atoms with van der Waals surface area (Å²) >= 11 is 0. The number of H-pyrrole nitrogens is 1. The smallest absolute Gasteiger partial charge is 0.243 e. The van der Waals surface area contributed by atoms with Crippen LogP contribution in [0.3, 0.4) is 0 Å². The van der Waals surface area contributed by atoms with E-state index in [4.69, 9.17) is 5.41 Å². The molecule has 2 atom stereocenters. The maximum atomic E-state index is 13.5. The molecule has 4 rings (SSSR count). The number of benzene rings is 2. The fourth-order valence-electron chi connectivity index (χ4n) is 4.50. The molecule has 1 heterocycles. The summed E-state index contributed by atoms with van der Waals surface area (Å²) in [6, 6.07) is 15.2.